The van der Waals surface area contributed by atoms with Gasteiger partial charge in [-0.25, -0.2) is 4.79 Å². The highest BCUT2D eigenvalue weighted by atomic mass is 35.5. The summed E-state index contributed by atoms with van der Waals surface area (Å²) < 4.78 is 9.77. The summed E-state index contributed by atoms with van der Waals surface area (Å²) in [5, 5.41) is 13.5. The lowest BCUT2D eigenvalue weighted by atomic mass is 10.0. The Balaban J connectivity index is 2.59. The van der Waals surface area contributed by atoms with Crippen molar-refractivity contribution in [2.45, 2.75) is 6.92 Å². The molecule has 110 valence electrons. The second-order valence-electron chi connectivity index (χ2n) is 4.18. The van der Waals surface area contributed by atoms with E-state index in [1.807, 2.05) is 0 Å². The maximum Gasteiger partial charge on any atom is 0.338 e. The van der Waals surface area contributed by atoms with Crippen LogP contribution in [0.2, 0.25) is 10.0 Å². The normalized spacial score (nSPS) is 11.5. The van der Waals surface area contributed by atoms with Crippen LogP contribution in [-0.2, 0) is 9.53 Å². The molecule has 1 aromatic heterocycles. The van der Waals surface area contributed by atoms with Crippen molar-refractivity contribution < 1.29 is 19.2 Å². The number of phenolic OH excluding ortho intramolecular Hbond substituents is 1. The zero-order chi connectivity index (χ0) is 15.6. The zero-order valence-electron chi connectivity index (χ0n) is 11.2. The first-order chi connectivity index (χ1) is 9.93. The lowest BCUT2D eigenvalue weighted by Gasteiger charge is -2.09. The van der Waals surface area contributed by atoms with Crippen LogP contribution in [0, 0.1) is 6.92 Å². The van der Waals surface area contributed by atoms with E-state index in [1.165, 1.54) is 25.3 Å². The van der Waals surface area contributed by atoms with Crippen LogP contribution in [0.25, 0.3) is 11.6 Å². The highest BCUT2D eigenvalue weighted by molar-refractivity contribution is 6.39. The molecule has 0 amide bonds. The molecule has 0 saturated heterocycles. The van der Waals surface area contributed by atoms with Crippen molar-refractivity contribution in [3.05, 3.63) is 45.3 Å². The minimum Gasteiger partial charge on any atom is -0.505 e. The molecule has 0 spiro atoms. The molecule has 21 heavy (non-hydrogen) atoms. The quantitative estimate of drug-likeness (QED) is 0.687. The second-order valence-corrected chi connectivity index (χ2v) is 4.96. The van der Waals surface area contributed by atoms with Gasteiger partial charge >= 0.3 is 5.97 Å². The van der Waals surface area contributed by atoms with E-state index in [4.69, 9.17) is 32.5 Å². The van der Waals surface area contributed by atoms with Crippen molar-refractivity contribution in [3.63, 3.8) is 0 Å². The summed E-state index contributed by atoms with van der Waals surface area (Å²) in [6, 6.07) is 4.59. The number of aromatic nitrogens is 1. The van der Waals surface area contributed by atoms with E-state index < -0.39 is 5.97 Å². The molecule has 5 nitrogen and oxygen atoms in total. The topological polar surface area (TPSA) is 72.6 Å². The fourth-order valence-corrected chi connectivity index (χ4v) is 2.17. The van der Waals surface area contributed by atoms with Gasteiger partial charge in [0.1, 0.15) is 0 Å². The Morgan fingerprint density at radius 1 is 1.43 bits per heavy atom. The first-order valence-corrected chi connectivity index (χ1v) is 6.60. The van der Waals surface area contributed by atoms with Crippen molar-refractivity contribution in [3.8, 4) is 5.75 Å². The lowest BCUT2D eigenvalue weighted by molar-refractivity contribution is -0.133. The number of halogens is 2. The number of carbonyl (C=O) groups is 1. The standard InChI is InChI=1S/C14H11Cl2NO4/c1-7-5-8(21-17-7)6-10(14(19)20-2)9-3-4-11(15)13(18)12(9)16/h3-6,18H,1-2H3/b10-6-. The largest absolute Gasteiger partial charge is 0.505 e. The smallest absolute Gasteiger partial charge is 0.338 e. The molecular weight excluding hydrogens is 317 g/mol. The molecule has 1 N–H and O–H groups in total. The Morgan fingerprint density at radius 2 is 2.14 bits per heavy atom. The Hall–Kier alpha value is -1.98. The molecule has 2 aromatic rings. The minimum absolute atomic E-state index is 0.0459. The molecule has 1 aromatic carbocycles. The van der Waals surface area contributed by atoms with Crippen LogP contribution in [-0.4, -0.2) is 23.3 Å². The molecule has 0 aliphatic heterocycles. The Kier molecular flexibility index (Phi) is 4.55. The highest BCUT2D eigenvalue weighted by Gasteiger charge is 2.20. The van der Waals surface area contributed by atoms with E-state index >= 15 is 0 Å². The Labute approximate surface area is 130 Å². The highest BCUT2D eigenvalue weighted by Crippen LogP contribution is 2.38. The number of benzene rings is 1. The zero-order valence-corrected chi connectivity index (χ0v) is 12.7. The minimum atomic E-state index is -0.632. The third-order valence-corrected chi connectivity index (χ3v) is 3.38. The molecule has 0 saturated carbocycles. The molecule has 0 bridgehead atoms. The van der Waals surface area contributed by atoms with Gasteiger partial charge in [0.25, 0.3) is 0 Å². The monoisotopic (exact) mass is 327 g/mol. The lowest BCUT2D eigenvalue weighted by Crippen LogP contribution is -2.04. The van der Waals surface area contributed by atoms with E-state index in [0.29, 0.717) is 11.5 Å². The number of aromatic hydroxyl groups is 1. The summed E-state index contributed by atoms with van der Waals surface area (Å²) >= 11 is 11.8. The predicted molar refractivity (Wildman–Crippen MR) is 79.3 cm³/mol. The van der Waals surface area contributed by atoms with Crippen LogP contribution in [0.4, 0.5) is 0 Å². The van der Waals surface area contributed by atoms with E-state index in [9.17, 15) is 9.90 Å². The van der Waals surface area contributed by atoms with Gasteiger partial charge in [0.15, 0.2) is 11.5 Å². The molecule has 0 aliphatic carbocycles. The number of ether oxygens (including phenoxy) is 1. The number of nitrogens with zero attached hydrogens (tertiary/aromatic N) is 1. The molecule has 0 radical (unpaired) electrons. The van der Waals surface area contributed by atoms with Crippen molar-refractivity contribution in [2.24, 2.45) is 0 Å². The van der Waals surface area contributed by atoms with E-state index in [2.05, 4.69) is 5.16 Å². The molecule has 7 heteroatoms. The first kappa shape index (κ1) is 15.4. The number of hydrogen-bond acceptors (Lipinski definition) is 5. The summed E-state index contributed by atoms with van der Waals surface area (Å²) in [7, 11) is 1.24. The number of hydrogen-bond donors (Lipinski definition) is 1. The van der Waals surface area contributed by atoms with Gasteiger partial charge in [-0.15, -0.1) is 0 Å². The summed E-state index contributed by atoms with van der Waals surface area (Å²) in [6.45, 7) is 1.75. The molecule has 0 atom stereocenters. The molecule has 1 heterocycles. The van der Waals surface area contributed by atoms with Crippen molar-refractivity contribution in [1.29, 1.82) is 0 Å². The Morgan fingerprint density at radius 3 is 2.71 bits per heavy atom. The van der Waals surface area contributed by atoms with Crippen LogP contribution < -0.4 is 0 Å². The molecule has 0 aliphatic rings. The summed E-state index contributed by atoms with van der Waals surface area (Å²) in [5.41, 5.74) is 1.06. The van der Waals surface area contributed by atoms with E-state index in [-0.39, 0.29) is 26.9 Å². The number of phenols is 1. The molecule has 2 rings (SSSR count). The summed E-state index contributed by atoms with van der Waals surface area (Å²) in [5.74, 6) is -0.578. The molecule has 0 fully saturated rings. The van der Waals surface area contributed by atoms with Gasteiger partial charge in [0.2, 0.25) is 0 Å². The van der Waals surface area contributed by atoms with Crippen molar-refractivity contribution in [2.75, 3.05) is 7.11 Å². The second kappa shape index (κ2) is 6.20. The fraction of sp³-hybridized carbons (Fsp3) is 0.143. The van der Waals surface area contributed by atoms with Crippen LogP contribution in [0.1, 0.15) is 17.0 Å². The van der Waals surface area contributed by atoms with E-state index in [0.717, 1.165) is 0 Å². The third-order valence-electron chi connectivity index (χ3n) is 2.70. The van der Waals surface area contributed by atoms with Gasteiger partial charge in [-0.3, -0.25) is 0 Å². The molecular formula is C14H11Cl2NO4. The first-order valence-electron chi connectivity index (χ1n) is 5.84. The summed E-state index contributed by atoms with van der Waals surface area (Å²) in [6.07, 6.45) is 1.43. The number of carbonyl (C=O) groups excluding carboxylic acids is 1. The van der Waals surface area contributed by atoms with Crippen LogP contribution >= 0.6 is 23.2 Å². The number of aryl methyl sites for hydroxylation is 1. The van der Waals surface area contributed by atoms with Crippen molar-refractivity contribution >= 4 is 40.8 Å². The van der Waals surface area contributed by atoms with Crippen LogP contribution in [0.3, 0.4) is 0 Å². The maximum absolute atomic E-state index is 11.9. The summed E-state index contributed by atoms with van der Waals surface area (Å²) in [4.78, 5) is 11.9. The van der Waals surface area contributed by atoms with Gasteiger partial charge in [-0.2, -0.15) is 0 Å². The van der Waals surface area contributed by atoms with Crippen LogP contribution in [0.15, 0.2) is 22.7 Å². The number of rotatable bonds is 3. The van der Waals surface area contributed by atoms with Crippen molar-refractivity contribution in [1.82, 2.24) is 5.16 Å². The molecule has 0 unspecified atom stereocenters. The number of esters is 1. The average Bonchev–Trinajstić information content (AvgIpc) is 2.87. The van der Waals surface area contributed by atoms with Gasteiger partial charge in [-0.05, 0) is 19.1 Å². The third kappa shape index (κ3) is 3.20. The van der Waals surface area contributed by atoms with Gasteiger partial charge in [0.05, 0.1) is 28.4 Å². The Bertz CT molecular complexity index is 722. The van der Waals surface area contributed by atoms with Gasteiger partial charge in [-0.1, -0.05) is 34.4 Å². The van der Waals surface area contributed by atoms with E-state index in [1.54, 1.807) is 13.0 Å². The SMILES string of the molecule is COC(=O)/C(=C\c1cc(C)no1)c1ccc(Cl)c(O)c1Cl. The van der Waals surface area contributed by atoms with Gasteiger partial charge < -0.3 is 14.4 Å². The fourth-order valence-electron chi connectivity index (χ4n) is 1.70. The maximum atomic E-state index is 11.9. The number of methoxy groups -OCH3 is 1. The average molecular weight is 328 g/mol. The van der Waals surface area contributed by atoms with Crippen LogP contribution in [0.5, 0.6) is 5.75 Å². The van der Waals surface area contributed by atoms with Gasteiger partial charge in [0, 0.05) is 11.6 Å². The predicted octanol–water partition coefficient (Wildman–Crippen LogP) is 3.71.